The Hall–Kier alpha value is -3.68. The molecule has 0 spiro atoms. The Morgan fingerprint density at radius 3 is 2.18 bits per heavy atom. The summed E-state index contributed by atoms with van der Waals surface area (Å²) in [6.45, 7) is 5.13. The van der Waals surface area contributed by atoms with Crippen molar-refractivity contribution in [3.8, 4) is 0 Å². The Balaban J connectivity index is 1.87. The summed E-state index contributed by atoms with van der Waals surface area (Å²) in [4.78, 5) is 40.6. The van der Waals surface area contributed by atoms with Gasteiger partial charge >= 0.3 is 0 Å². The van der Waals surface area contributed by atoms with Gasteiger partial charge < -0.3 is 16.0 Å². The number of aromatic nitrogens is 2. The number of anilines is 2. The molecule has 0 unspecified atom stereocenters. The molecule has 0 aliphatic carbocycles. The van der Waals surface area contributed by atoms with E-state index in [1.54, 1.807) is 53.1 Å². The van der Waals surface area contributed by atoms with Crippen molar-refractivity contribution in [3.05, 3.63) is 60.2 Å². The van der Waals surface area contributed by atoms with Crippen LogP contribution in [0.3, 0.4) is 0 Å². The number of imidazole rings is 1. The van der Waals surface area contributed by atoms with E-state index in [4.69, 9.17) is 0 Å². The fourth-order valence-electron chi connectivity index (χ4n) is 2.72. The van der Waals surface area contributed by atoms with Crippen LogP contribution in [0.5, 0.6) is 0 Å². The lowest BCUT2D eigenvalue weighted by Gasteiger charge is -2.06. The number of amides is 3. The number of benzene rings is 1. The van der Waals surface area contributed by atoms with Crippen LogP contribution in [0.25, 0.3) is 5.52 Å². The number of nitrogens with one attached hydrogen (secondary N) is 3. The lowest BCUT2D eigenvalue weighted by Crippen LogP contribution is -2.30. The van der Waals surface area contributed by atoms with Crippen molar-refractivity contribution < 1.29 is 14.4 Å². The van der Waals surface area contributed by atoms with Gasteiger partial charge in [0, 0.05) is 30.5 Å². The van der Waals surface area contributed by atoms with Crippen LogP contribution in [0.1, 0.15) is 41.9 Å². The van der Waals surface area contributed by atoms with Gasteiger partial charge in [-0.1, -0.05) is 6.07 Å². The van der Waals surface area contributed by atoms with Crippen LogP contribution in [0.4, 0.5) is 11.4 Å². The van der Waals surface area contributed by atoms with E-state index in [1.807, 2.05) is 13.8 Å². The lowest BCUT2D eigenvalue weighted by atomic mass is 10.2. The van der Waals surface area contributed by atoms with Crippen LogP contribution in [0.2, 0.25) is 0 Å². The predicted octanol–water partition coefficient (Wildman–Crippen LogP) is 2.68. The molecule has 2 heterocycles. The molecule has 0 saturated carbocycles. The van der Waals surface area contributed by atoms with Gasteiger partial charge in [-0.25, -0.2) is 4.98 Å². The average Bonchev–Trinajstić information content (AvgIpc) is 3.02. The van der Waals surface area contributed by atoms with Crippen LogP contribution in [-0.2, 0) is 4.79 Å². The number of carbonyl (C=O) groups is 3. The topological polar surface area (TPSA) is 105 Å². The first-order valence-electron chi connectivity index (χ1n) is 8.82. The number of pyridine rings is 1. The second-order valence-electron chi connectivity index (χ2n) is 6.58. The summed E-state index contributed by atoms with van der Waals surface area (Å²) in [5.74, 6) is -0.849. The number of rotatable bonds is 5. The fraction of sp³-hybridized carbons (Fsp3) is 0.200. The van der Waals surface area contributed by atoms with Crippen LogP contribution in [-0.4, -0.2) is 33.1 Å². The van der Waals surface area contributed by atoms with Gasteiger partial charge in [-0.3, -0.25) is 18.8 Å². The minimum atomic E-state index is -0.447. The lowest BCUT2D eigenvalue weighted by molar-refractivity contribution is -0.114. The van der Waals surface area contributed by atoms with Gasteiger partial charge in [0.05, 0.1) is 5.52 Å². The number of hydrogen-bond acceptors (Lipinski definition) is 4. The maximum Gasteiger partial charge on any atom is 0.292 e. The SMILES string of the molecule is CC(=O)Nc1ccc(NC(=O)c2nc(C(=O)NC(C)C)c3ccccn23)cc1. The fourth-order valence-corrected chi connectivity index (χ4v) is 2.72. The molecular formula is C20H21N5O3. The third kappa shape index (κ3) is 4.17. The first-order chi connectivity index (χ1) is 13.3. The average molecular weight is 379 g/mol. The number of hydrogen-bond donors (Lipinski definition) is 3. The Kier molecular flexibility index (Phi) is 5.39. The predicted molar refractivity (Wildman–Crippen MR) is 106 cm³/mol. The van der Waals surface area contributed by atoms with Gasteiger partial charge in [-0.15, -0.1) is 0 Å². The van der Waals surface area contributed by atoms with Gasteiger partial charge in [0.2, 0.25) is 11.7 Å². The molecule has 0 aliphatic rings. The molecule has 0 aliphatic heterocycles. The van der Waals surface area contributed by atoms with Gasteiger partial charge in [0.15, 0.2) is 5.69 Å². The summed E-state index contributed by atoms with van der Waals surface area (Å²) in [5.41, 5.74) is 1.91. The Morgan fingerprint density at radius 2 is 1.57 bits per heavy atom. The van der Waals surface area contributed by atoms with Crippen LogP contribution in [0, 0.1) is 0 Å². The minimum Gasteiger partial charge on any atom is -0.348 e. The Labute approximate surface area is 162 Å². The first-order valence-corrected chi connectivity index (χ1v) is 8.82. The summed E-state index contributed by atoms with van der Waals surface area (Å²) in [5, 5.41) is 8.21. The molecule has 0 radical (unpaired) electrons. The molecule has 0 fully saturated rings. The standard InChI is InChI=1S/C20H21N5O3/c1-12(2)21-19(27)17-16-6-4-5-11-25(16)18(24-17)20(28)23-15-9-7-14(8-10-15)22-13(3)26/h4-12H,1-3H3,(H,21,27)(H,22,26)(H,23,28). The third-order valence-electron chi connectivity index (χ3n) is 3.85. The molecule has 2 aromatic heterocycles. The third-order valence-corrected chi connectivity index (χ3v) is 3.85. The van der Waals surface area contributed by atoms with Crippen LogP contribution >= 0.6 is 0 Å². The van der Waals surface area contributed by atoms with E-state index < -0.39 is 5.91 Å². The van der Waals surface area contributed by atoms with Gasteiger partial charge in [-0.05, 0) is 50.2 Å². The van der Waals surface area contributed by atoms with E-state index in [0.29, 0.717) is 16.9 Å². The first kappa shape index (κ1) is 19.1. The minimum absolute atomic E-state index is 0.0487. The molecule has 8 heteroatoms. The van der Waals surface area contributed by atoms with E-state index in [-0.39, 0.29) is 29.4 Å². The van der Waals surface area contributed by atoms with Crippen LogP contribution in [0.15, 0.2) is 48.7 Å². The molecule has 3 aromatic rings. The quantitative estimate of drug-likeness (QED) is 0.634. The van der Waals surface area contributed by atoms with Crippen molar-refractivity contribution in [1.29, 1.82) is 0 Å². The van der Waals surface area contributed by atoms with Crippen molar-refractivity contribution in [2.75, 3.05) is 10.6 Å². The normalized spacial score (nSPS) is 10.7. The second-order valence-corrected chi connectivity index (χ2v) is 6.58. The highest BCUT2D eigenvalue weighted by Gasteiger charge is 2.21. The molecule has 3 rings (SSSR count). The highest BCUT2D eigenvalue weighted by molar-refractivity contribution is 6.06. The number of nitrogens with zero attached hydrogens (tertiary/aromatic N) is 2. The van der Waals surface area contributed by atoms with E-state index in [0.717, 1.165) is 0 Å². The van der Waals surface area contributed by atoms with Crippen molar-refractivity contribution >= 4 is 34.6 Å². The van der Waals surface area contributed by atoms with Crippen molar-refractivity contribution in [3.63, 3.8) is 0 Å². The van der Waals surface area contributed by atoms with Crippen molar-refractivity contribution in [2.45, 2.75) is 26.8 Å². The zero-order valence-corrected chi connectivity index (χ0v) is 15.8. The van der Waals surface area contributed by atoms with E-state index in [9.17, 15) is 14.4 Å². The summed E-state index contributed by atoms with van der Waals surface area (Å²) in [6.07, 6.45) is 1.68. The summed E-state index contributed by atoms with van der Waals surface area (Å²) in [6, 6.07) is 11.9. The molecule has 8 nitrogen and oxygen atoms in total. The molecule has 0 saturated heterocycles. The smallest absolute Gasteiger partial charge is 0.292 e. The van der Waals surface area contributed by atoms with E-state index in [1.165, 1.54) is 6.92 Å². The molecule has 0 atom stereocenters. The number of fused-ring (bicyclic) bond motifs is 1. The van der Waals surface area contributed by atoms with Gasteiger partial charge in [0.25, 0.3) is 11.8 Å². The maximum atomic E-state index is 12.8. The zero-order chi connectivity index (χ0) is 20.3. The van der Waals surface area contributed by atoms with E-state index in [2.05, 4.69) is 20.9 Å². The summed E-state index contributed by atoms with van der Waals surface area (Å²) in [7, 11) is 0. The molecular weight excluding hydrogens is 358 g/mol. The summed E-state index contributed by atoms with van der Waals surface area (Å²) < 4.78 is 1.58. The highest BCUT2D eigenvalue weighted by atomic mass is 16.2. The monoisotopic (exact) mass is 379 g/mol. The molecule has 3 N–H and O–H groups in total. The van der Waals surface area contributed by atoms with E-state index >= 15 is 0 Å². The van der Waals surface area contributed by atoms with Gasteiger partial charge in [-0.2, -0.15) is 0 Å². The molecule has 3 amide bonds. The maximum absolute atomic E-state index is 12.8. The largest absolute Gasteiger partial charge is 0.348 e. The zero-order valence-electron chi connectivity index (χ0n) is 15.8. The molecule has 1 aromatic carbocycles. The number of carbonyl (C=O) groups excluding carboxylic acids is 3. The molecule has 144 valence electrons. The van der Waals surface area contributed by atoms with Crippen molar-refractivity contribution in [2.24, 2.45) is 0 Å². The summed E-state index contributed by atoms with van der Waals surface area (Å²) >= 11 is 0. The Bertz CT molecular complexity index is 1040. The Morgan fingerprint density at radius 1 is 0.929 bits per heavy atom. The van der Waals surface area contributed by atoms with Crippen LogP contribution < -0.4 is 16.0 Å². The second kappa shape index (κ2) is 7.91. The highest BCUT2D eigenvalue weighted by Crippen LogP contribution is 2.17. The van der Waals surface area contributed by atoms with Gasteiger partial charge in [0.1, 0.15) is 0 Å². The molecule has 28 heavy (non-hydrogen) atoms. The molecule has 0 bridgehead atoms. The van der Waals surface area contributed by atoms with Crippen molar-refractivity contribution in [1.82, 2.24) is 14.7 Å².